The van der Waals surface area contributed by atoms with Crippen LogP contribution in [0.4, 0.5) is 0 Å². The Morgan fingerprint density at radius 3 is 2.67 bits per heavy atom. The molecule has 0 saturated heterocycles. The molecule has 2 unspecified atom stereocenters. The van der Waals surface area contributed by atoms with Gasteiger partial charge >= 0.3 is 0 Å². The Morgan fingerprint density at radius 2 is 2.00 bits per heavy atom. The Bertz CT molecular complexity index is 425. The van der Waals surface area contributed by atoms with Crippen molar-refractivity contribution in [3.8, 4) is 0 Å². The summed E-state index contributed by atoms with van der Waals surface area (Å²) in [6, 6.07) is 6.66. The number of fused-ring (bicyclic) bond motifs is 1. The molecule has 1 aliphatic rings. The first-order valence-corrected chi connectivity index (χ1v) is 7.83. The van der Waals surface area contributed by atoms with Crippen LogP contribution in [0.5, 0.6) is 0 Å². The summed E-state index contributed by atoms with van der Waals surface area (Å²) in [5, 5.41) is 0. The smallest absolute Gasteiger partial charge is 0.136 e. The van der Waals surface area contributed by atoms with Crippen LogP contribution in [0.15, 0.2) is 18.2 Å². The highest BCUT2D eigenvalue weighted by molar-refractivity contribution is 7.90. The second-order valence-corrected chi connectivity index (χ2v) is 8.06. The largest absolute Gasteiger partial charge is 0.598 e. The van der Waals surface area contributed by atoms with Crippen molar-refractivity contribution < 1.29 is 4.55 Å². The lowest BCUT2D eigenvalue weighted by Gasteiger charge is -2.27. The molecule has 0 fully saturated rings. The van der Waals surface area contributed by atoms with Crippen LogP contribution in [0.25, 0.3) is 0 Å². The molecule has 0 amide bonds. The van der Waals surface area contributed by atoms with E-state index >= 15 is 0 Å². The molecule has 0 bridgehead atoms. The molecule has 1 aromatic rings. The van der Waals surface area contributed by atoms with Crippen molar-refractivity contribution in [1.29, 1.82) is 0 Å². The minimum Gasteiger partial charge on any atom is -0.598 e. The summed E-state index contributed by atoms with van der Waals surface area (Å²) in [5.74, 6) is 0. The highest BCUT2D eigenvalue weighted by Gasteiger charge is 2.29. The second-order valence-electron chi connectivity index (χ2n) is 6.06. The molecule has 0 saturated carbocycles. The summed E-state index contributed by atoms with van der Waals surface area (Å²) in [6.07, 6.45) is 3.61. The van der Waals surface area contributed by atoms with Gasteiger partial charge in [0.15, 0.2) is 0 Å². The maximum absolute atomic E-state index is 12.1. The monoisotopic (exact) mass is 265 g/mol. The van der Waals surface area contributed by atoms with E-state index in [1.165, 1.54) is 36.0 Å². The minimum absolute atomic E-state index is 0.151. The van der Waals surface area contributed by atoms with Gasteiger partial charge in [-0.2, -0.15) is 0 Å². The van der Waals surface area contributed by atoms with E-state index in [2.05, 4.69) is 29.8 Å². The Balaban J connectivity index is 2.15. The van der Waals surface area contributed by atoms with Crippen molar-refractivity contribution >= 4 is 11.4 Å². The molecule has 2 nitrogen and oxygen atoms in total. The Kier molecular flexibility index (Phi) is 4.05. The van der Waals surface area contributed by atoms with E-state index in [4.69, 9.17) is 0 Å². The van der Waals surface area contributed by atoms with Gasteiger partial charge in [-0.1, -0.05) is 18.2 Å². The minimum atomic E-state index is -1.01. The Morgan fingerprint density at radius 1 is 1.28 bits per heavy atom. The molecule has 3 heteroatoms. The molecular weight excluding hydrogens is 242 g/mol. The molecule has 1 aliphatic carbocycles. The molecule has 0 aliphatic heterocycles. The first kappa shape index (κ1) is 13.9. The number of rotatable bonds is 3. The third kappa shape index (κ3) is 2.90. The van der Waals surface area contributed by atoms with Crippen LogP contribution in [-0.4, -0.2) is 9.30 Å². The zero-order chi connectivity index (χ0) is 13.3. The molecular formula is C15H23NOS. The van der Waals surface area contributed by atoms with E-state index in [9.17, 15) is 4.55 Å². The molecule has 1 N–H and O–H groups in total. The number of aryl methyl sites for hydroxylation is 1. The Labute approximate surface area is 113 Å². The zero-order valence-electron chi connectivity index (χ0n) is 11.7. The van der Waals surface area contributed by atoms with Gasteiger partial charge in [0, 0.05) is 11.4 Å². The maximum Gasteiger partial charge on any atom is 0.136 e. The number of benzene rings is 1. The van der Waals surface area contributed by atoms with E-state index in [0.717, 1.165) is 0 Å². The summed E-state index contributed by atoms with van der Waals surface area (Å²) in [4.78, 5) is 0. The van der Waals surface area contributed by atoms with Gasteiger partial charge in [-0.05, 0) is 63.6 Å². The lowest BCUT2D eigenvalue weighted by Crippen LogP contribution is -2.40. The number of nitrogens with one attached hydrogen (secondary N) is 1. The highest BCUT2D eigenvalue weighted by Crippen LogP contribution is 2.30. The van der Waals surface area contributed by atoms with E-state index in [-0.39, 0.29) is 10.8 Å². The van der Waals surface area contributed by atoms with Crippen molar-refractivity contribution in [2.75, 3.05) is 0 Å². The quantitative estimate of drug-likeness (QED) is 0.851. The van der Waals surface area contributed by atoms with Crippen molar-refractivity contribution in [3.05, 3.63) is 34.9 Å². The summed E-state index contributed by atoms with van der Waals surface area (Å²) in [6.45, 7) is 8.10. The number of hydrogen-bond donors (Lipinski definition) is 1. The summed E-state index contributed by atoms with van der Waals surface area (Å²) in [5.41, 5.74) is 4.27. The van der Waals surface area contributed by atoms with Gasteiger partial charge in [-0.3, -0.25) is 0 Å². The van der Waals surface area contributed by atoms with Crippen LogP contribution in [0.3, 0.4) is 0 Å². The van der Waals surface area contributed by atoms with Gasteiger partial charge in [0.05, 0.1) is 6.04 Å². The van der Waals surface area contributed by atoms with Crippen molar-refractivity contribution in [2.45, 2.75) is 57.7 Å². The molecule has 1 aromatic carbocycles. The van der Waals surface area contributed by atoms with Crippen LogP contribution in [0.1, 0.15) is 56.8 Å². The summed E-state index contributed by atoms with van der Waals surface area (Å²) < 4.78 is 15.2. The van der Waals surface area contributed by atoms with Gasteiger partial charge in [0.1, 0.15) is 4.75 Å². The lowest BCUT2D eigenvalue weighted by molar-refractivity contribution is 0.530. The first-order chi connectivity index (χ1) is 8.39. The van der Waals surface area contributed by atoms with Crippen molar-refractivity contribution in [1.82, 2.24) is 4.72 Å². The highest BCUT2D eigenvalue weighted by atomic mass is 32.2. The van der Waals surface area contributed by atoms with E-state index in [0.29, 0.717) is 0 Å². The SMILES string of the molecule is CC(N[S+]([O-])C(C)(C)C)c1cccc2c1CCC2. The molecule has 100 valence electrons. The van der Waals surface area contributed by atoms with Crippen molar-refractivity contribution in [2.24, 2.45) is 0 Å². The standard InChI is InChI=1S/C15H23NOS/c1-11(16-18(17)15(2,3)4)13-9-5-7-12-8-6-10-14(12)13/h5,7,9,11,16H,6,8,10H2,1-4H3. The molecule has 0 radical (unpaired) electrons. The van der Waals surface area contributed by atoms with Crippen LogP contribution in [-0.2, 0) is 24.2 Å². The topological polar surface area (TPSA) is 35.1 Å². The van der Waals surface area contributed by atoms with Crippen LogP contribution in [0.2, 0.25) is 0 Å². The fourth-order valence-electron chi connectivity index (χ4n) is 2.46. The third-order valence-electron chi connectivity index (χ3n) is 3.49. The predicted molar refractivity (Wildman–Crippen MR) is 77.9 cm³/mol. The van der Waals surface area contributed by atoms with Gasteiger partial charge in [0.25, 0.3) is 0 Å². The van der Waals surface area contributed by atoms with Gasteiger partial charge in [-0.15, -0.1) is 4.72 Å². The second kappa shape index (κ2) is 5.24. The average molecular weight is 265 g/mol. The molecule has 0 heterocycles. The third-order valence-corrected chi connectivity index (χ3v) is 5.17. The molecule has 18 heavy (non-hydrogen) atoms. The fraction of sp³-hybridized carbons (Fsp3) is 0.600. The molecule has 2 atom stereocenters. The summed E-state index contributed by atoms with van der Waals surface area (Å²) >= 11 is -1.01. The van der Waals surface area contributed by atoms with Crippen LogP contribution in [0, 0.1) is 0 Å². The fourth-order valence-corrected chi connectivity index (χ4v) is 3.26. The molecule has 2 rings (SSSR count). The van der Waals surface area contributed by atoms with Crippen molar-refractivity contribution in [3.63, 3.8) is 0 Å². The van der Waals surface area contributed by atoms with Crippen LogP contribution < -0.4 is 4.72 Å². The van der Waals surface area contributed by atoms with Gasteiger partial charge < -0.3 is 4.55 Å². The Hall–Kier alpha value is -0.510. The van der Waals surface area contributed by atoms with Crippen LogP contribution >= 0.6 is 0 Å². The molecule has 0 aromatic heterocycles. The zero-order valence-corrected chi connectivity index (χ0v) is 12.6. The van der Waals surface area contributed by atoms with E-state index < -0.39 is 11.4 Å². The predicted octanol–water partition coefficient (Wildman–Crippen LogP) is 3.29. The first-order valence-electron chi connectivity index (χ1n) is 6.68. The lowest BCUT2D eigenvalue weighted by atomic mass is 9.99. The average Bonchev–Trinajstić information content (AvgIpc) is 2.74. The summed E-state index contributed by atoms with van der Waals surface area (Å²) in [7, 11) is 0. The van der Waals surface area contributed by atoms with E-state index in [1.807, 2.05) is 20.8 Å². The normalized spacial score (nSPS) is 18.5. The number of hydrogen-bond acceptors (Lipinski definition) is 2. The van der Waals surface area contributed by atoms with Gasteiger partial charge in [0.2, 0.25) is 0 Å². The maximum atomic E-state index is 12.1. The van der Waals surface area contributed by atoms with Gasteiger partial charge in [-0.25, -0.2) is 0 Å². The van der Waals surface area contributed by atoms with E-state index in [1.54, 1.807) is 0 Å². The molecule has 0 spiro atoms.